The van der Waals surface area contributed by atoms with Gasteiger partial charge >= 0.3 is 0 Å². The Kier molecular flexibility index (Phi) is 2.89. The molecule has 2 aliphatic rings. The van der Waals surface area contributed by atoms with Crippen LogP contribution < -0.4 is 5.73 Å². The lowest BCUT2D eigenvalue weighted by atomic mass is 9.98. The minimum Gasteiger partial charge on any atom is -0.324 e. The minimum absolute atomic E-state index is 0.340. The zero-order chi connectivity index (χ0) is 12.9. The third-order valence-corrected chi connectivity index (χ3v) is 4.80. The monoisotopic (exact) mass is 251 g/mol. The highest BCUT2D eigenvalue weighted by Crippen LogP contribution is 2.59. The number of hydrogen-bond acceptors (Lipinski definition) is 1. The van der Waals surface area contributed by atoms with Gasteiger partial charge in [0, 0.05) is 11.6 Å². The molecule has 1 nitrogen and oxygen atoms in total. The number of fused-ring (bicyclic) bond motifs is 1. The van der Waals surface area contributed by atoms with Crippen LogP contribution in [0.1, 0.15) is 42.9 Å². The van der Waals surface area contributed by atoms with Crippen LogP contribution in [0.3, 0.4) is 0 Å². The molecule has 1 aromatic carbocycles. The summed E-state index contributed by atoms with van der Waals surface area (Å²) < 4.78 is 27.5. The molecule has 3 rings (SSSR count). The zero-order valence-electron chi connectivity index (χ0n) is 10.6. The fraction of sp³-hybridized carbons (Fsp3) is 0.600. The first-order valence-electron chi connectivity index (χ1n) is 6.81. The van der Waals surface area contributed by atoms with Gasteiger partial charge in [-0.15, -0.1) is 0 Å². The van der Waals surface area contributed by atoms with Gasteiger partial charge in [-0.1, -0.05) is 25.0 Å². The highest BCUT2D eigenvalue weighted by Gasteiger charge is 2.53. The van der Waals surface area contributed by atoms with Crippen LogP contribution in [0, 0.1) is 36.3 Å². The van der Waals surface area contributed by atoms with Gasteiger partial charge in [0.25, 0.3) is 0 Å². The van der Waals surface area contributed by atoms with E-state index >= 15 is 0 Å². The molecule has 3 unspecified atom stereocenters. The summed E-state index contributed by atoms with van der Waals surface area (Å²) in [7, 11) is 0. The van der Waals surface area contributed by atoms with Crippen molar-refractivity contribution in [2.24, 2.45) is 23.5 Å². The van der Waals surface area contributed by atoms with E-state index in [4.69, 9.17) is 5.73 Å². The maximum Gasteiger partial charge on any atom is 0.163 e. The van der Waals surface area contributed by atoms with Crippen molar-refractivity contribution in [3.05, 3.63) is 34.9 Å². The lowest BCUT2D eigenvalue weighted by Crippen LogP contribution is -2.17. The van der Waals surface area contributed by atoms with Crippen molar-refractivity contribution in [3.63, 3.8) is 0 Å². The third kappa shape index (κ3) is 1.76. The van der Waals surface area contributed by atoms with E-state index in [1.54, 1.807) is 19.1 Å². The average molecular weight is 251 g/mol. The van der Waals surface area contributed by atoms with E-state index in [1.165, 1.54) is 25.7 Å². The largest absolute Gasteiger partial charge is 0.324 e. The van der Waals surface area contributed by atoms with Crippen LogP contribution in [0.2, 0.25) is 0 Å². The molecule has 0 amide bonds. The molecule has 18 heavy (non-hydrogen) atoms. The first-order valence-corrected chi connectivity index (χ1v) is 6.81. The molecule has 3 heteroatoms. The van der Waals surface area contributed by atoms with Gasteiger partial charge in [0.15, 0.2) is 11.6 Å². The van der Waals surface area contributed by atoms with Gasteiger partial charge < -0.3 is 5.73 Å². The summed E-state index contributed by atoms with van der Waals surface area (Å²) in [5.74, 6) is 0.178. The van der Waals surface area contributed by atoms with Crippen molar-refractivity contribution >= 4 is 0 Å². The third-order valence-electron chi connectivity index (χ3n) is 4.80. The minimum atomic E-state index is -0.744. The average Bonchev–Trinajstić information content (AvgIpc) is 3.10. The molecule has 0 aliphatic heterocycles. The molecule has 0 aromatic heterocycles. The van der Waals surface area contributed by atoms with E-state index in [0.717, 1.165) is 0 Å². The smallest absolute Gasteiger partial charge is 0.163 e. The number of hydrogen-bond donors (Lipinski definition) is 1. The van der Waals surface area contributed by atoms with Gasteiger partial charge in [0.2, 0.25) is 0 Å². The molecule has 0 radical (unpaired) electrons. The summed E-state index contributed by atoms with van der Waals surface area (Å²) in [6.07, 6.45) is 4.93. The summed E-state index contributed by atoms with van der Waals surface area (Å²) in [5.41, 5.74) is 6.88. The highest BCUT2D eigenvalue weighted by atomic mass is 19.2. The second-order valence-corrected chi connectivity index (χ2v) is 5.81. The predicted molar refractivity (Wildman–Crippen MR) is 67.0 cm³/mol. The molecule has 2 saturated carbocycles. The Morgan fingerprint density at radius 2 is 1.72 bits per heavy atom. The second-order valence-electron chi connectivity index (χ2n) is 5.81. The van der Waals surface area contributed by atoms with E-state index in [2.05, 4.69) is 0 Å². The number of halogens is 2. The molecule has 0 saturated heterocycles. The van der Waals surface area contributed by atoms with Crippen LogP contribution >= 0.6 is 0 Å². The van der Waals surface area contributed by atoms with E-state index in [1.807, 2.05) is 0 Å². The van der Waals surface area contributed by atoms with Crippen LogP contribution in [0.15, 0.2) is 12.1 Å². The SMILES string of the molecule is Cc1ccc(C(N)C2C3CCCCC32)c(F)c1F. The molecule has 0 bridgehead atoms. The molecule has 0 heterocycles. The summed E-state index contributed by atoms with van der Waals surface area (Å²) >= 11 is 0. The van der Waals surface area contributed by atoms with Crippen LogP contribution in [0.25, 0.3) is 0 Å². The molecule has 0 spiro atoms. The lowest BCUT2D eigenvalue weighted by Gasteiger charge is -2.14. The molecule has 2 N–H and O–H groups in total. The molecule has 1 aromatic rings. The molecule has 2 fully saturated rings. The maximum absolute atomic E-state index is 13.9. The number of benzene rings is 1. The van der Waals surface area contributed by atoms with Gasteiger partial charge in [0.05, 0.1) is 0 Å². The van der Waals surface area contributed by atoms with Gasteiger partial charge in [-0.05, 0) is 43.1 Å². The van der Waals surface area contributed by atoms with Crippen LogP contribution in [0.4, 0.5) is 8.78 Å². The fourth-order valence-electron chi connectivity index (χ4n) is 3.71. The van der Waals surface area contributed by atoms with Crippen molar-refractivity contribution in [2.45, 2.75) is 38.6 Å². The zero-order valence-corrected chi connectivity index (χ0v) is 10.6. The van der Waals surface area contributed by atoms with Crippen LogP contribution in [-0.4, -0.2) is 0 Å². The fourth-order valence-corrected chi connectivity index (χ4v) is 3.71. The highest BCUT2D eigenvalue weighted by molar-refractivity contribution is 5.29. The van der Waals surface area contributed by atoms with Gasteiger partial charge in [-0.3, -0.25) is 0 Å². The maximum atomic E-state index is 13.9. The number of nitrogens with two attached hydrogens (primary N) is 1. The standard InChI is InChI=1S/C15H19F2N/c1-8-6-7-11(14(17)13(8)16)15(18)12-9-4-2-3-5-10(9)12/h6-7,9-10,12,15H,2-5,18H2,1H3. The van der Waals surface area contributed by atoms with E-state index in [-0.39, 0.29) is 6.04 Å². The van der Waals surface area contributed by atoms with Gasteiger partial charge in [-0.25, -0.2) is 8.78 Å². The predicted octanol–water partition coefficient (Wildman–Crippen LogP) is 3.71. The van der Waals surface area contributed by atoms with Crippen LogP contribution in [0.5, 0.6) is 0 Å². The summed E-state index contributed by atoms with van der Waals surface area (Å²) in [4.78, 5) is 0. The van der Waals surface area contributed by atoms with Crippen LogP contribution in [-0.2, 0) is 0 Å². The van der Waals surface area contributed by atoms with E-state index < -0.39 is 11.6 Å². The first-order chi connectivity index (χ1) is 8.61. The van der Waals surface area contributed by atoms with Crippen molar-refractivity contribution in [3.8, 4) is 0 Å². The molecule has 98 valence electrons. The Hall–Kier alpha value is -0.960. The van der Waals surface area contributed by atoms with Crippen molar-refractivity contribution in [1.29, 1.82) is 0 Å². The summed E-state index contributed by atoms with van der Waals surface area (Å²) in [5, 5.41) is 0. The number of aryl methyl sites for hydroxylation is 1. The summed E-state index contributed by atoms with van der Waals surface area (Å²) in [6.45, 7) is 1.57. The Balaban J connectivity index is 1.85. The van der Waals surface area contributed by atoms with E-state index in [0.29, 0.717) is 28.9 Å². The van der Waals surface area contributed by atoms with Crippen molar-refractivity contribution < 1.29 is 8.78 Å². The summed E-state index contributed by atoms with van der Waals surface area (Å²) in [6, 6.07) is 2.94. The normalized spacial score (nSPS) is 31.9. The second kappa shape index (κ2) is 4.30. The first kappa shape index (κ1) is 12.1. The Morgan fingerprint density at radius 3 is 2.33 bits per heavy atom. The van der Waals surface area contributed by atoms with E-state index in [9.17, 15) is 8.78 Å². The lowest BCUT2D eigenvalue weighted by molar-refractivity contribution is 0.465. The molecular weight excluding hydrogens is 232 g/mol. The Bertz CT molecular complexity index is 460. The van der Waals surface area contributed by atoms with Crippen molar-refractivity contribution in [2.75, 3.05) is 0 Å². The number of rotatable bonds is 2. The van der Waals surface area contributed by atoms with Gasteiger partial charge in [-0.2, -0.15) is 0 Å². The molecular formula is C15H19F2N. The van der Waals surface area contributed by atoms with Crippen molar-refractivity contribution in [1.82, 2.24) is 0 Å². The quantitative estimate of drug-likeness (QED) is 0.852. The molecule has 3 atom stereocenters. The Morgan fingerprint density at radius 1 is 1.11 bits per heavy atom. The topological polar surface area (TPSA) is 26.0 Å². The molecule has 2 aliphatic carbocycles. The van der Waals surface area contributed by atoms with Gasteiger partial charge in [0.1, 0.15) is 0 Å². The Labute approximate surface area is 106 Å².